The molecule has 178 valence electrons. The number of esters is 1. The molecule has 0 aliphatic carbocycles. The van der Waals surface area contributed by atoms with E-state index in [1.807, 2.05) is 30.3 Å². The average Bonchev–Trinajstić information content (AvgIpc) is 3.37. The largest absolute Gasteiger partial charge is 0.489 e. The first-order chi connectivity index (χ1) is 17.0. The van der Waals surface area contributed by atoms with Gasteiger partial charge in [-0.3, -0.25) is 4.79 Å². The van der Waals surface area contributed by atoms with Crippen LogP contribution in [0.2, 0.25) is 0 Å². The van der Waals surface area contributed by atoms with Gasteiger partial charge in [-0.25, -0.2) is 9.69 Å². The maximum Gasteiger partial charge on any atom is 0.417 e. The Kier molecular flexibility index (Phi) is 5.98. The van der Waals surface area contributed by atoms with Gasteiger partial charge in [0.2, 0.25) is 6.23 Å². The molecule has 35 heavy (non-hydrogen) atoms. The number of rotatable bonds is 6. The van der Waals surface area contributed by atoms with Gasteiger partial charge in [0.25, 0.3) is 0 Å². The number of carbonyl (C=O) groups is 2. The predicted molar refractivity (Wildman–Crippen MR) is 133 cm³/mol. The monoisotopic (exact) mass is 535 g/mol. The van der Waals surface area contributed by atoms with Crippen molar-refractivity contribution in [2.24, 2.45) is 0 Å². The van der Waals surface area contributed by atoms with Gasteiger partial charge in [-0.05, 0) is 45.8 Å². The molecule has 0 fully saturated rings. The number of hydrogen-bond acceptors (Lipinski definition) is 6. The van der Waals surface area contributed by atoms with Crippen LogP contribution in [0, 0.1) is 0 Å². The van der Waals surface area contributed by atoms with Gasteiger partial charge in [0, 0.05) is 15.6 Å². The van der Waals surface area contributed by atoms with Crippen molar-refractivity contribution in [2.45, 2.75) is 18.2 Å². The summed E-state index contributed by atoms with van der Waals surface area (Å²) in [5.74, 6) is 0.462. The fraction of sp³-hybridized carbons (Fsp3) is 0.185. The minimum atomic E-state index is -1.43. The highest BCUT2D eigenvalue weighted by molar-refractivity contribution is 9.10. The SMILES string of the molecule is C=CCOC(=O)N1c2c(Br)cccc2[C@]2(C(=O)OC)c3cc(OCc4ccccc4)ccc3O[C@H]12. The van der Waals surface area contributed by atoms with Crippen LogP contribution < -0.4 is 14.4 Å². The van der Waals surface area contributed by atoms with Crippen molar-refractivity contribution < 1.29 is 28.5 Å². The highest BCUT2D eigenvalue weighted by Crippen LogP contribution is 2.59. The van der Waals surface area contributed by atoms with E-state index in [0.29, 0.717) is 39.4 Å². The highest BCUT2D eigenvalue weighted by Gasteiger charge is 2.67. The molecule has 2 aliphatic rings. The lowest BCUT2D eigenvalue weighted by molar-refractivity contribution is -0.147. The Morgan fingerprint density at radius 3 is 2.66 bits per heavy atom. The number of nitrogens with zero attached hydrogens (tertiary/aromatic N) is 1. The second-order valence-electron chi connectivity index (χ2n) is 8.07. The topological polar surface area (TPSA) is 74.3 Å². The van der Waals surface area contributed by atoms with E-state index in [9.17, 15) is 9.59 Å². The van der Waals surface area contributed by atoms with E-state index in [2.05, 4.69) is 22.5 Å². The third-order valence-electron chi connectivity index (χ3n) is 6.15. The number of fused-ring (bicyclic) bond motifs is 5. The summed E-state index contributed by atoms with van der Waals surface area (Å²) in [6.45, 7) is 3.97. The Balaban J connectivity index is 1.63. The molecule has 0 unspecified atom stereocenters. The first kappa shape index (κ1) is 23.0. The van der Waals surface area contributed by atoms with E-state index >= 15 is 0 Å². The maximum atomic E-state index is 13.6. The number of anilines is 1. The lowest BCUT2D eigenvalue weighted by Crippen LogP contribution is -2.52. The molecule has 0 saturated heterocycles. The number of halogens is 1. The number of amides is 1. The van der Waals surface area contributed by atoms with Gasteiger partial charge in [0.1, 0.15) is 24.7 Å². The number of ether oxygens (including phenoxy) is 4. The Morgan fingerprint density at radius 1 is 1.11 bits per heavy atom. The fourth-order valence-electron chi connectivity index (χ4n) is 4.68. The molecule has 0 aromatic heterocycles. The van der Waals surface area contributed by atoms with Gasteiger partial charge in [0.15, 0.2) is 5.41 Å². The van der Waals surface area contributed by atoms with Crippen LogP contribution in [-0.2, 0) is 26.3 Å². The highest BCUT2D eigenvalue weighted by atomic mass is 79.9. The van der Waals surface area contributed by atoms with Gasteiger partial charge in [-0.15, -0.1) is 0 Å². The molecule has 0 radical (unpaired) electrons. The number of carbonyl (C=O) groups excluding carboxylic acids is 2. The third-order valence-corrected chi connectivity index (χ3v) is 6.79. The van der Waals surface area contributed by atoms with Crippen LogP contribution in [0.3, 0.4) is 0 Å². The molecular formula is C27H22BrNO6. The summed E-state index contributed by atoms with van der Waals surface area (Å²) in [5.41, 5.74) is 1.19. The first-order valence-corrected chi connectivity index (χ1v) is 11.7. The van der Waals surface area contributed by atoms with Crippen molar-refractivity contribution in [3.05, 3.63) is 101 Å². The van der Waals surface area contributed by atoms with Gasteiger partial charge in [-0.1, -0.05) is 55.1 Å². The van der Waals surface area contributed by atoms with Gasteiger partial charge < -0.3 is 18.9 Å². The van der Waals surface area contributed by atoms with E-state index in [0.717, 1.165) is 5.56 Å². The van der Waals surface area contributed by atoms with Gasteiger partial charge >= 0.3 is 12.1 Å². The van der Waals surface area contributed by atoms with E-state index in [1.54, 1.807) is 36.4 Å². The van der Waals surface area contributed by atoms with Crippen LogP contribution in [0.15, 0.2) is 83.9 Å². The smallest absolute Gasteiger partial charge is 0.417 e. The van der Waals surface area contributed by atoms with Crippen LogP contribution in [0.4, 0.5) is 10.5 Å². The first-order valence-electron chi connectivity index (χ1n) is 10.9. The van der Waals surface area contributed by atoms with Gasteiger partial charge in [0.05, 0.1) is 12.8 Å². The summed E-state index contributed by atoms with van der Waals surface area (Å²) in [4.78, 5) is 28.1. The summed E-state index contributed by atoms with van der Waals surface area (Å²) < 4.78 is 23.5. The summed E-state index contributed by atoms with van der Waals surface area (Å²) in [7, 11) is 1.32. The van der Waals surface area contributed by atoms with Crippen molar-refractivity contribution in [1.82, 2.24) is 0 Å². The maximum absolute atomic E-state index is 13.6. The second kappa shape index (κ2) is 9.11. The zero-order valence-electron chi connectivity index (χ0n) is 18.9. The standard InChI is InChI=1S/C27H22BrNO6/c1-3-14-33-26(31)29-23-19(10-7-11-21(23)28)27(25(30)32-2)20-15-18(12-13-22(20)35-24(27)29)34-16-17-8-5-4-6-9-17/h3-13,15,24H,1,14,16H2,2H3/t24-,27-/m0/s1. The molecule has 5 rings (SSSR count). The summed E-state index contributed by atoms with van der Waals surface area (Å²) in [6.07, 6.45) is -0.231. The molecule has 2 atom stereocenters. The number of hydrogen-bond donors (Lipinski definition) is 0. The molecule has 0 saturated carbocycles. The second-order valence-corrected chi connectivity index (χ2v) is 8.93. The zero-order chi connectivity index (χ0) is 24.6. The number of methoxy groups -OCH3 is 1. The summed E-state index contributed by atoms with van der Waals surface area (Å²) >= 11 is 3.53. The molecule has 3 aromatic carbocycles. The molecule has 1 amide bonds. The van der Waals surface area contributed by atoms with Crippen LogP contribution in [-0.4, -0.2) is 32.0 Å². The molecule has 2 aliphatic heterocycles. The molecule has 0 spiro atoms. The number of benzene rings is 3. The predicted octanol–water partition coefficient (Wildman–Crippen LogP) is 5.35. The molecular weight excluding hydrogens is 514 g/mol. The summed E-state index contributed by atoms with van der Waals surface area (Å²) in [5, 5.41) is 0. The molecule has 0 bridgehead atoms. The van der Waals surface area contributed by atoms with Crippen molar-refractivity contribution in [2.75, 3.05) is 18.6 Å². The molecule has 8 heteroatoms. The lowest BCUT2D eigenvalue weighted by Gasteiger charge is -2.28. The Morgan fingerprint density at radius 2 is 1.91 bits per heavy atom. The average molecular weight is 536 g/mol. The zero-order valence-corrected chi connectivity index (χ0v) is 20.5. The Bertz CT molecular complexity index is 1310. The Hall–Kier alpha value is -3.78. The molecule has 2 heterocycles. The third kappa shape index (κ3) is 3.56. The minimum absolute atomic E-state index is 0.0114. The van der Waals surface area contributed by atoms with Crippen LogP contribution in [0.1, 0.15) is 16.7 Å². The van der Waals surface area contributed by atoms with Crippen LogP contribution >= 0.6 is 15.9 Å². The molecule has 7 nitrogen and oxygen atoms in total. The van der Waals surface area contributed by atoms with E-state index in [-0.39, 0.29) is 6.61 Å². The Labute approximate surface area is 211 Å². The normalized spacial score (nSPS) is 19.1. The molecule has 0 N–H and O–H groups in total. The summed E-state index contributed by atoms with van der Waals surface area (Å²) in [6, 6.07) is 20.4. The molecule has 3 aromatic rings. The number of para-hydroxylation sites is 1. The van der Waals surface area contributed by atoms with Gasteiger partial charge in [-0.2, -0.15) is 0 Å². The van der Waals surface area contributed by atoms with Crippen LogP contribution in [0.25, 0.3) is 0 Å². The van der Waals surface area contributed by atoms with E-state index in [1.165, 1.54) is 18.1 Å². The van der Waals surface area contributed by atoms with Crippen molar-refractivity contribution >= 4 is 33.7 Å². The lowest BCUT2D eigenvalue weighted by atomic mass is 9.75. The quantitative estimate of drug-likeness (QED) is 0.313. The van der Waals surface area contributed by atoms with Crippen LogP contribution in [0.5, 0.6) is 11.5 Å². The van der Waals surface area contributed by atoms with Crippen molar-refractivity contribution in [3.63, 3.8) is 0 Å². The van der Waals surface area contributed by atoms with Crippen molar-refractivity contribution in [3.8, 4) is 11.5 Å². The minimum Gasteiger partial charge on any atom is -0.489 e. The van der Waals surface area contributed by atoms with Crippen molar-refractivity contribution in [1.29, 1.82) is 0 Å². The fourth-order valence-corrected chi connectivity index (χ4v) is 5.24. The van der Waals surface area contributed by atoms with E-state index < -0.39 is 23.7 Å². The van der Waals surface area contributed by atoms with E-state index in [4.69, 9.17) is 18.9 Å².